The van der Waals surface area contributed by atoms with Crippen LogP contribution in [0.4, 0.5) is 0 Å². The maximum Gasteiger partial charge on any atom is 0.147 e. The third-order valence-electron chi connectivity index (χ3n) is 1.61. The van der Waals surface area contributed by atoms with Crippen molar-refractivity contribution in [2.45, 2.75) is 13.3 Å². The van der Waals surface area contributed by atoms with Crippen LogP contribution in [0, 0.1) is 5.92 Å². The topological polar surface area (TPSA) is 60.2 Å². The molecule has 0 aromatic rings. The van der Waals surface area contributed by atoms with Crippen molar-refractivity contribution >= 4 is 21.6 Å². The van der Waals surface area contributed by atoms with E-state index in [4.69, 9.17) is 5.73 Å². The van der Waals surface area contributed by atoms with Gasteiger partial charge < -0.3 is 5.73 Å². The van der Waals surface area contributed by atoms with Crippen molar-refractivity contribution in [2.24, 2.45) is 11.7 Å². The van der Waals surface area contributed by atoms with Gasteiger partial charge in [0, 0.05) is 6.26 Å². The van der Waals surface area contributed by atoms with E-state index in [1.54, 1.807) is 11.8 Å². The Bertz CT molecular complexity index is 214. The molecular formula is C8H19NO2S2. The molecule has 1 atom stereocenters. The standard InChI is InChI=1S/C8H19NO2S2/c1-8(6-9)7-12-4-3-5-13(2,10)11/h8H,3-7,9H2,1-2H3. The Hall–Kier alpha value is 0.260. The normalized spacial score (nSPS) is 14.4. The van der Waals surface area contributed by atoms with E-state index in [0.29, 0.717) is 18.2 Å². The van der Waals surface area contributed by atoms with Gasteiger partial charge in [-0.25, -0.2) is 8.42 Å². The fourth-order valence-electron chi connectivity index (χ4n) is 0.776. The van der Waals surface area contributed by atoms with Gasteiger partial charge in [-0.15, -0.1) is 0 Å². The first-order chi connectivity index (χ1) is 5.95. The van der Waals surface area contributed by atoms with E-state index >= 15 is 0 Å². The SMILES string of the molecule is CC(CN)CSCCCS(C)(=O)=O. The van der Waals surface area contributed by atoms with Crippen LogP contribution in [0.5, 0.6) is 0 Å². The number of hydrogen-bond acceptors (Lipinski definition) is 4. The second kappa shape index (κ2) is 6.68. The smallest absolute Gasteiger partial charge is 0.147 e. The molecule has 0 fully saturated rings. The molecule has 0 aliphatic rings. The van der Waals surface area contributed by atoms with Crippen LogP contribution in [-0.4, -0.2) is 38.5 Å². The summed E-state index contributed by atoms with van der Waals surface area (Å²) in [5, 5.41) is 0. The third-order valence-corrected chi connectivity index (χ3v) is 4.02. The van der Waals surface area contributed by atoms with Crippen LogP contribution in [0.25, 0.3) is 0 Å². The lowest BCUT2D eigenvalue weighted by Crippen LogP contribution is -2.13. The first-order valence-corrected chi connectivity index (χ1v) is 7.62. The fourth-order valence-corrected chi connectivity index (χ4v) is 2.68. The van der Waals surface area contributed by atoms with E-state index in [1.165, 1.54) is 6.26 Å². The van der Waals surface area contributed by atoms with Crippen LogP contribution in [0.3, 0.4) is 0 Å². The van der Waals surface area contributed by atoms with Crippen LogP contribution in [-0.2, 0) is 9.84 Å². The summed E-state index contributed by atoms with van der Waals surface area (Å²) in [6.07, 6.45) is 2.03. The summed E-state index contributed by atoms with van der Waals surface area (Å²) in [5.74, 6) is 2.78. The van der Waals surface area contributed by atoms with E-state index in [-0.39, 0.29) is 0 Å². The summed E-state index contributed by atoms with van der Waals surface area (Å²) >= 11 is 1.78. The summed E-state index contributed by atoms with van der Waals surface area (Å²) in [5.41, 5.74) is 5.45. The maximum atomic E-state index is 10.8. The summed E-state index contributed by atoms with van der Waals surface area (Å²) in [6.45, 7) is 2.81. The molecule has 0 saturated heterocycles. The average Bonchev–Trinajstić information content (AvgIpc) is 2.01. The second-order valence-electron chi connectivity index (χ2n) is 3.40. The minimum atomic E-state index is -2.77. The zero-order chi connectivity index (χ0) is 10.3. The molecule has 5 heteroatoms. The summed E-state index contributed by atoms with van der Waals surface area (Å²) in [6, 6.07) is 0. The van der Waals surface area contributed by atoms with Crippen molar-refractivity contribution in [3.05, 3.63) is 0 Å². The van der Waals surface area contributed by atoms with Gasteiger partial charge in [-0.2, -0.15) is 11.8 Å². The highest BCUT2D eigenvalue weighted by atomic mass is 32.2. The third kappa shape index (κ3) is 10.2. The molecule has 0 aliphatic heterocycles. The molecule has 0 spiro atoms. The predicted molar refractivity (Wildman–Crippen MR) is 59.9 cm³/mol. The Morgan fingerprint density at radius 1 is 1.46 bits per heavy atom. The number of nitrogens with two attached hydrogens (primary N) is 1. The minimum Gasteiger partial charge on any atom is -0.330 e. The highest BCUT2D eigenvalue weighted by Crippen LogP contribution is 2.08. The Morgan fingerprint density at radius 2 is 2.08 bits per heavy atom. The molecule has 0 saturated carbocycles. The second-order valence-corrected chi connectivity index (χ2v) is 6.81. The van der Waals surface area contributed by atoms with Crippen LogP contribution in [0.2, 0.25) is 0 Å². The van der Waals surface area contributed by atoms with E-state index < -0.39 is 9.84 Å². The summed E-state index contributed by atoms with van der Waals surface area (Å²) < 4.78 is 21.5. The molecule has 80 valence electrons. The molecule has 0 aromatic carbocycles. The quantitative estimate of drug-likeness (QED) is 0.650. The maximum absolute atomic E-state index is 10.8. The molecule has 13 heavy (non-hydrogen) atoms. The van der Waals surface area contributed by atoms with Crippen molar-refractivity contribution in [1.29, 1.82) is 0 Å². The van der Waals surface area contributed by atoms with Crippen LogP contribution < -0.4 is 5.73 Å². The number of hydrogen-bond donors (Lipinski definition) is 1. The van der Waals surface area contributed by atoms with Gasteiger partial charge in [-0.1, -0.05) is 6.92 Å². The van der Waals surface area contributed by atoms with Crippen molar-refractivity contribution in [3.8, 4) is 0 Å². The number of rotatable bonds is 7. The van der Waals surface area contributed by atoms with Gasteiger partial charge in [0.15, 0.2) is 0 Å². The molecule has 0 aliphatic carbocycles. The Kier molecular flexibility index (Phi) is 6.81. The van der Waals surface area contributed by atoms with Gasteiger partial charge in [-0.05, 0) is 30.4 Å². The predicted octanol–water partition coefficient (Wildman–Crippen LogP) is 0.749. The van der Waals surface area contributed by atoms with E-state index in [2.05, 4.69) is 6.92 Å². The van der Waals surface area contributed by atoms with Crippen molar-refractivity contribution in [1.82, 2.24) is 0 Å². The van der Waals surface area contributed by atoms with Crippen LogP contribution in [0.1, 0.15) is 13.3 Å². The van der Waals surface area contributed by atoms with Crippen LogP contribution in [0.15, 0.2) is 0 Å². The molecule has 0 bridgehead atoms. The molecule has 0 radical (unpaired) electrons. The molecule has 0 rings (SSSR count). The molecule has 0 heterocycles. The number of sulfone groups is 1. The zero-order valence-electron chi connectivity index (χ0n) is 8.32. The fraction of sp³-hybridized carbons (Fsp3) is 1.00. The lowest BCUT2D eigenvalue weighted by Gasteiger charge is -2.06. The lowest BCUT2D eigenvalue weighted by molar-refractivity contribution is 0.600. The molecule has 0 amide bonds. The summed E-state index contributed by atoms with van der Waals surface area (Å²) in [7, 11) is -2.77. The van der Waals surface area contributed by atoms with Gasteiger partial charge in [-0.3, -0.25) is 0 Å². The largest absolute Gasteiger partial charge is 0.330 e. The van der Waals surface area contributed by atoms with Crippen LogP contribution >= 0.6 is 11.8 Å². The Morgan fingerprint density at radius 3 is 2.54 bits per heavy atom. The molecule has 0 aromatic heterocycles. The minimum absolute atomic E-state index is 0.303. The van der Waals surface area contributed by atoms with Gasteiger partial charge in [0.1, 0.15) is 9.84 Å². The molecule has 2 N–H and O–H groups in total. The number of thioether (sulfide) groups is 1. The molecule has 1 unspecified atom stereocenters. The Balaban J connectivity index is 3.27. The highest BCUT2D eigenvalue weighted by molar-refractivity contribution is 7.99. The zero-order valence-corrected chi connectivity index (χ0v) is 9.96. The van der Waals surface area contributed by atoms with E-state index in [0.717, 1.165) is 17.9 Å². The van der Waals surface area contributed by atoms with Crippen molar-refractivity contribution in [3.63, 3.8) is 0 Å². The first-order valence-electron chi connectivity index (χ1n) is 4.41. The van der Waals surface area contributed by atoms with E-state index in [1.807, 2.05) is 0 Å². The van der Waals surface area contributed by atoms with Crippen molar-refractivity contribution < 1.29 is 8.42 Å². The Labute approximate surface area is 85.4 Å². The van der Waals surface area contributed by atoms with Gasteiger partial charge in [0.25, 0.3) is 0 Å². The molecular weight excluding hydrogens is 206 g/mol. The lowest BCUT2D eigenvalue weighted by atomic mass is 10.2. The highest BCUT2D eigenvalue weighted by Gasteiger charge is 2.02. The van der Waals surface area contributed by atoms with Gasteiger partial charge in [0.2, 0.25) is 0 Å². The van der Waals surface area contributed by atoms with E-state index in [9.17, 15) is 8.42 Å². The van der Waals surface area contributed by atoms with Gasteiger partial charge >= 0.3 is 0 Å². The van der Waals surface area contributed by atoms with Gasteiger partial charge in [0.05, 0.1) is 5.75 Å². The molecule has 3 nitrogen and oxygen atoms in total. The average molecular weight is 225 g/mol. The first kappa shape index (κ1) is 13.3. The monoisotopic (exact) mass is 225 g/mol. The summed E-state index contributed by atoms with van der Waals surface area (Å²) in [4.78, 5) is 0. The van der Waals surface area contributed by atoms with Crippen molar-refractivity contribution in [2.75, 3.05) is 30.1 Å².